The Morgan fingerprint density at radius 1 is 0.969 bits per heavy atom. The molecule has 0 aliphatic carbocycles. The molecule has 1 unspecified atom stereocenters. The van der Waals surface area contributed by atoms with E-state index in [2.05, 4.69) is 5.32 Å². The quantitative estimate of drug-likeness (QED) is 0.546. The maximum atomic E-state index is 13.6. The van der Waals surface area contributed by atoms with Crippen molar-refractivity contribution in [2.45, 2.75) is 44.1 Å². The third-order valence-electron chi connectivity index (χ3n) is 4.59. The van der Waals surface area contributed by atoms with Crippen LogP contribution in [0.2, 0.25) is 0 Å². The van der Waals surface area contributed by atoms with Crippen LogP contribution in [0.25, 0.3) is 0 Å². The molecular formula is C20H22F6N2O3S. The Hall–Kier alpha value is -2.47. The van der Waals surface area contributed by atoms with Crippen molar-refractivity contribution in [1.29, 1.82) is 0 Å². The molecule has 1 atom stereocenters. The summed E-state index contributed by atoms with van der Waals surface area (Å²) < 4.78 is 112. The van der Waals surface area contributed by atoms with Gasteiger partial charge < -0.3 is 10.1 Å². The van der Waals surface area contributed by atoms with E-state index in [9.17, 15) is 34.8 Å². The van der Waals surface area contributed by atoms with Gasteiger partial charge in [-0.25, -0.2) is 8.42 Å². The molecule has 0 spiro atoms. The molecule has 32 heavy (non-hydrogen) atoms. The van der Waals surface area contributed by atoms with Crippen molar-refractivity contribution in [2.75, 3.05) is 19.0 Å². The van der Waals surface area contributed by atoms with E-state index in [0.717, 1.165) is 24.8 Å². The molecule has 0 aromatic heterocycles. The van der Waals surface area contributed by atoms with Crippen LogP contribution in [0.4, 0.5) is 32.0 Å². The molecule has 0 radical (unpaired) electrons. The summed E-state index contributed by atoms with van der Waals surface area (Å²) in [4.78, 5) is -0.283. The lowest BCUT2D eigenvalue weighted by Gasteiger charge is -2.24. The fourth-order valence-electron chi connectivity index (χ4n) is 3.30. The first-order chi connectivity index (χ1) is 14.6. The van der Waals surface area contributed by atoms with E-state index in [1.54, 1.807) is 11.6 Å². The molecule has 2 rings (SSSR count). The van der Waals surface area contributed by atoms with E-state index < -0.39 is 40.5 Å². The van der Waals surface area contributed by atoms with Crippen LogP contribution in [-0.4, -0.2) is 34.3 Å². The van der Waals surface area contributed by atoms with Crippen molar-refractivity contribution in [3.63, 3.8) is 0 Å². The first kappa shape index (κ1) is 25.8. The van der Waals surface area contributed by atoms with Gasteiger partial charge in [0.15, 0.2) is 0 Å². The fraction of sp³-hybridized carbons (Fsp3) is 0.400. The summed E-state index contributed by atoms with van der Waals surface area (Å²) in [5.74, 6) is -0.132. The van der Waals surface area contributed by atoms with Gasteiger partial charge in [-0.15, -0.1) is 0 Å². The molecule has 0 aliphatic heterocycles. The SMILES string of the molecule is COc1ccc(C(F)(F)F)cc1NCC(NS(=O)(=O)c1c(C)cc(C)cc1C)C(F)(F)F. The Kier molecular flexibility index (Phi) is 7.40. The van der Waals surface area contributed by atoms with Crippen molar-refractivity contribution in [3.05, 3.63) is 52.6 Å². The summed E-state index contributed by atoms with van der Waals surface area (Å²) >= 11 is 0. The van der Waals surface area contributed by atoms with Crippen molar-refractivity contribution in [2.24, 2.45) is 0 Å². The summed E-state index contributed by atoms with van der Waals surface area (Å²) in [6.07, 6.45) is -9.75. The Balaban J connectivity index is 2.36. The standard InChI is InChI=1S/C20H22F6N2O3S/c1-11-7-12(2)18(13(3)8-11)32(29,30)28-17(20(24,25)26)10-27-15-9-14(19(21,22)23)5-6-16(15)31-4/h5-9,17,27-28H,10H2,1-4H3. The molecule has 0 heterocycles. The van der Waals surface area contributed by atoms with Gasteiger partial charge in [0.2, 0.25) is 10.0 Å². The zero-order valence-electron chi connectivity index (χ0n) is 17.6. The first-order valence-electron chi connectivity index (χ1n) is 9.22. The van der Waals surface area contributed by atoms with Gasteiger partial charge in [0.1, 0.15) is 11.8 Å². The maximum absolute atomic E-state index is 13.6. The number of benzene rings is 2. The zero-order chi connectivity index (χ0) is 24.5. The van der Waals surface area contributed by atoms with Crippen LogP contribution in [0.5, 0.6) is 5.75 Å². The van der Waals surface area contributed by atoms with Gasteiger partial charge in [-0.1, -0.05) is 17.7 Å². The van der Waals surface area contributed by atoms with Gasteiger partial charge in [-0.3, -0.25) is 0 Å². The lowest BCUT2D eigenvalue weighted by atomic mass is 10.1. The highest BCUT2D eigenvalue weighted by atomic mass is 32.2. The predicted molar refractivity (Wildman–Crippen MR) is 107 cm³/mol. The second-order valence-corrected chi connectivity index (χ2v) is 8.89. The highest BCUT2D eigenvalue weighted by molar-refractivity contribution is 7.89. The lowest BCUT2D eigenvalue weighted by Crippen LogP contribution is -2.49. The topological polar surface area (TPSA) is 67.4 Å². The Morgan fingerprint density at radius 3 is 2.00 bits per heavy atom. The number of hydrogen-bond acceptors (Lipinski definition) is 4. The van der Waals surface area contributed by atoms with Gasteiger partial charge in [-0.05, 0) is 50.1 Å². The van der Waals surface area contributed by atoms with Crippen molar-refractivity contribution in [3.8, 4) is 5.75 Å². The van der Waals surface area contributed by atoms with Crippen molar-refractivity contribution in [1.82, 2.24) is 4.72 Å². The third kappa shape index (κ3) is 6.06. The molecule has 2 aromatic rings. The van der Waals surface area contributed by atoms with Crippen LogP contribution in [-0.2, 0) is 16.2 Å². The van der Waals surface area contributed by atoms with E-state index in [4.69, 9.17) is 4.74 Å². The summed E-state index contributed by atoms with van der Waals surface area (Å²) in [5, 5.41) is 2.22. The molecule has 2 N–H and O–H groups in total. The number of halogens is 6. The van der Waals surface area contributed by atoms with Gasteiger partial charge in [0.25, 0.3) is 0 Å². The third-order valence-corrected chi connectivity index (χ3v) is 6.37. The summed E-state index contributed by atoms with van der Waals surface area (Å²) in [6, 6.07) is 2.70. The average Bonchev–Trinajstić information content (AvgIpc) is 2.62. The number of aryl methyl sites for hydroxylation is 3. The van der Waals surface area contributed by atoms with Crippen LogP contribution in [0, 0.1) is 20.8 Å². The van der Waals surface area contributed by atoms with Crippen LogP contribution in [0.3, 0.4) is 0 Å². The number of anilines is 1. The van der Waals surface area contributed by atoms with Crippen molar-refractivity contribution < 1.29 is 39.5 Å². The molecule has 5 nitrogen and oxygen atoms in total. The van der Waals surface area contributed by atoms with Crippen LogP contribution >= 0.6 is 0 Å². The lowest BCUT2D eigenvalue weighted by molar-refractivity contribution is -0.148. The molecule has 0 amide bonds. The second-order valence-electron chi connectivity index (χ2n) is 7.24. The Labute approximate surface area is 181 Å². The minimum absolute atomic E-state index is 0.132. The monoisotopic (exact) mass is 484 g/mol. The summed E-state index contributed by atoms with van der Waals surface area (Å²) in [5.41, 5.74) is -0.189. The molecule has 2 aromatic carbocycles. The molecule has 0 saturated heterocycles. The molecular weight excluding hydrogens is 462 g/mol. The number of nitrogens with one attached hydrogen (secondary N) is 2. The van der Waals surface area contributed by atoms with Gasteiger partial charge in [-0.2, -0.15) is 31.1 Å². The number of hydrogen-bond donors (Lipinski definition) is 2. The molecule has 0 aliphatic rings. The molecule has 0 fully saturated rings. The van der Waals surface area contributed by atoms with Gasteiger partial charge in [0, 0.05) is 6.54 Å². The maximum Gasteiger partial charge on any atom is 0.416 e. The highest BCUT2D eigenvalue weighted by Gasteiger charge is 2.43. The van der Waals surface area contributed by atoms with Gasteiger partial charge in [0.05, 0.1) is 23.3 Å². The van der Waals surface area contributed by atoms with Crippen LogP contribution < -0.4 is 14.8 Å². The molecule has 0 saturated carbocycles. The Bertz CT molecular complexity index is 1060. The highest BCUT2D eigenvalue weighted by Crippen LogP contribution is 2.35. The number of alkyl halides is 6. The molecule has 12 heteroatoms. The minimum Gasteiger partial charge on any atom is -0.495 e. The number of methoxy groups -OCH3 is 1. The smallest absolute Gasteiger partial charge is 0.416 e. The Morgan fingerprint density at radius 2 is 1.53 bits per heavy atom. The fourth-order valence-corrected chi connectivity index (χ4v) is 4.97. The van der Waals surface area contributed by atoms with E-state index in [1.165, 1.54) is 26.0 Å². The van der Waals surface area contributed by atoms with Crippen LogP contribution in [0.1, 0.15) is 22.3 Å². The number of rotatable bonds is 7. The first-order valence-corrected chi connectivity index (χ1v) is 10.7. The number of ether oxygens (including phenoxy) is 1. The normalized spacial score (nSPS) is 13.7. The van der Waals surface area contributed by atoms with E-state index in [0.29, 0.717) is 6.07 Å². The summed E-state index contributed by atoms with van der Waals surface area (Å²) in [6.45, 7) is 3.57. The zero-order valence-corrected chi connectivity index (χ0v) is 18.4. The molecule has 178 valence electrons. The van der Waals surface area contributed by atoms with Crippen molar-refractivity contribution >= 4 is 15.7 Å². The number of sulfonamides is 1. The van der Waals surface area contributed by atoms with E-state index in [-0.39, 0.29) is 27.5 Å². The second kappa shape index (κ2) is 9.18. The summed E-state index contributed by atoms with van der Waals surface area (Å²) in [7, 11) is -3.45. The average molecular weight is 484 g/mol. The predicted octanol–water partition coefficient (Wildman–Crippen LogP) is 4.96. The van der Waals surface area contributed by atoms with E-state index in [1.807, 2.05) is 0 Å². The largest absolute Gasteiger partial charge is 0.495 e. The van der Waals surface area contributed by atoms with Crippen LogP contribution in [0.15, 0.2) is 35.2 Å². The molecule has 0 bridgehead atoms. The van der Waals surface area contributed by atoms with Gasteiger partial charge >= 0.3 is 12.4 Å². The minimum atomic E-state index is -5.03. The van der Waals surface area contributed by atoms with E-state index >= 15 is 0 Å².